The largest absolute Gasteiger partial charge is 0.469 e. The molecular formula is C28H38N2O2. The zero-order chi connectivity index (χ0) is 22.8. The van der Waals surface area contributed by atoms with E-state index in [1.54, 1.807) is 0 Å². The number of methoxy groups -OCH3 is 1. The fraction of sp³-hybridized carbons (Fsp3) is 0.536. The molecule has 0 amide bonds. The third-order valence-corrected chi connectivity index (χ3v) is 7.59. The van der Waals surface area contributed by atoms with Gasteiger partial charge in [-0.2, -0.15) is 0 Å². The maximum atomic E-state index is 11.8. The molecule has 0 spiro atoms. The van der Waals surface area contributed by atoms with Crippen LogP contribution in [0.15, 0.2) is 30.3 Å². The second-order valence-corrected chi connectivity index (χ2v) is 9.74. The Labute approximate surface area is 193 Å². The number of ether oxygens (including phenoxy) is 1. The van der Waals surface area contributed by atoms with Crippen molar-refractivity contribution in [3.63, 3.8) is 0 Å². The summed E-state index contributed by atoms with van der Waals surface area (Å²) in [5.41, 5.74) is 10.0. The molecule has 2 heterocycles. The molecule has 2 aliphatic heterocycles. The van der Waals surface area contributed by atoms with Crippen LogP contribution in [0.3, 0.4) is 0 Å². The van der Waals surface area contributed by atoms with Crippen molar-refractivity contribution >= 4 is 11.7 Å². The highest BCUT2D eigenvalue weighted by molar-refractivity contribution is 5.72. The van der Waals surface area contributed by atoms with Gasteiger partial charge < -0.3 is 9.64 Å². The number of carbonyl (C=O) groups excluding carboxylic acids is 1. The number of esters is 1. The second-order valence-electron chi connectivity index (χ2n) is 9.74. The van der Waals surface area contributed by atoms with E-state index in [1.165, 1.54) is 46.2 Å². The topological polar surface area (TPSA) is 32.8 Å². The maximum Gasteiger partial charge on any atom is 0.308 e. The number of likely N-dealkylation sites (tertiary alicyclic amines) is 1. The van der Waals surface area contributed by atoms with Gasteiger partial charge in [0.15, 0.2) is 0 Å². The number of rotatable bonds is 6. The molecule has 0 N–H and O–H groups in total. The van der Waals surface area contributed by atoms with E-state index in [-0.39, 0.29) is 11.9 Å². The van der Waals surface area contributed by atoms with Crippen LogP contribution in [0.1, 0.15) is 59.1 Å². The molecule has 4 heteroatoms. The number of nitrogens with zero attached hydrogens (tertiary/aromatic N) is 2. The lowest BCUT2D eigenvalue weighted by molar-refractivity contribution is -0.147. The van der Waals surface area contributed by atoms with Crippen LogP contribution in [0.4, 0.5) is 5.69 Å². The normalized spacial score (nSPS) is 18.0. The van der Waals surface area contributed by atoms with E-state index in [0.717, 1.165) is 52.0 Å². The lowest BCUT2D eigenvalue weighted by Crippen LogP contribution is -2.46. The van der Waals surface area contributed by atoms with Crippen LogP contribution in [-0.4, -0.2) is 44.2 Å². The lowest BCUT2D eigenvalue weighted by atomic mass is 9.86. The van der Waals surface area contributed by atoms with Gasteiger partial charge >= 0.3 is 5.97 Å². The summed E-state index contributed by atoms with van der Waals surface area (Å²) in [6, 6.07) is 11.5. The zero-order valence-electron chi connectivity index (χ0n) is 20.4. The third-order valence-electron chi connectivity index (χ3n) is 7.59. The predicted octanol–water partition coefficient (Wildman–Crippen LogP) is 5.16. The first-order valence-electron chi connectivity index (χ1n) is 12.1. The molecule has 4 nitrogen and oxygen atoms in total. The molecule has 2 aromatic carbocycles. The average Bonchev–Trinajstić information content (AvgIpc) is 2.76. The molecule has 2 aliphatic rings. The van der Waals surface area contributed by atoms with Crippen LogP contribution in [0.25, 0.3) is 0 Å². The average molecular weight is 435 g/mol. The first-order valence-corrected chi connectivity index (χ1v) is 12.1. The van der Waals surface area contributed by atoms with Gasteiger partial charge in [0.2, 0.25) is 0 Å². The van der Waals surface area contributed by atoms with E-state index >= 15 is 0 Å². The second kappa shape index (κ2) is 9.66. The van der Waals surface area contributed by atoms with Crippen LogP contribution < -0.4 is 4.90 Å². The third kappa shape index (κ3) is 4.56. The van der Waals surface area contributed by atoms with E-state index in [9.17, 15) is 4.79 Å². The first kappa shape index (κ1) is 22.8. The molecule has 0 aliphatic carbocycles. The van der Waals surface area contributed by atoms with Gasteiger partial charge in [0.05, 0.1) is 13.0 Å². The van der Waals surface area contributed by atoms with E-state index in [1.807, 2.05) is 0 Å². The standard InChI is InChI=1S/C28H38N2O2/c1-6-22-9-7-8-19(2)27(22)30-16-25(17-30)24-14-20(3)26(21(4)15-24)18-29-12-10-23(11-13-29)28(31)32-5/h7-9,14-15,23,25H,6,10-13,16-18H2,1-5H3. The Balaban J connectivity index is 1.40. The summed E-state index contributed by atoms with van der Waals surface area (Å²) in [7, 11) is 1.49. The van der Waals surface area contributed by atoms with Crippen molar-refractivity contribution in [3.05, 3.63) is 63.7 Å². The van der Waals surface area contributed by atoms with Gasteiger partial charge in [0.1, 0.15) is 0 Å². The lowest BCUT2D eigenvalue weighted by Gasteiger charge is -2.43. The Kier molecular flexibility index (Phi) is 6.90. The number of anilines is 1. The van der Waals surface area contributed by atoms with Crippen molar-refractivity contribution in [1.82, 2.24) is 4.90 Å². The van der Waals surface area contributed by atoms with Gasteiger partial charge in [-0.05, 0) is 86.5 Å². The van der Waals surface area contributed by atoms with Crippen LogP contribution >= 0.6 is 0 Å². The number of piperidine rings is 1. The van der Waals surface area contributed by atoms with Crippen molar-refractivity contribution in [1.29, 1.82) is 0 Å². The highest BCUT2D eigenvalue weighted by atomic mass is 16.5. The number of benzene rings is 2. The molecule has 0 unspecified atom stereocenters. The maximum absolute atomic E-state index is 11.8. The molecule has 0 bridgehead atoms. The van der Waals surface area contributed by atoms with Crippen molar-refractivity contribution in [3.8, 4) is 0 Å². The monoisotopic (exact) mass is 434 g/mol. The van der Waals surface area contributed by atoms with E-state index < -0.39 is 0 Å². The fourth-order valence-corrected chi connectivity index (χ4v) is 5.56. The van der Waals surface area contributed by atoms with Crippen LogP contribution in [0, 0.1) is 26.7 Å². The molecule has 4 rings (SSSR count). The van der Waals surface area contributed by atoms with E-state index in [2.05, 4.69) is 67.8 Å². The molecule has 0 aromatic heterocycles. The molecule has 0 atom stereocenters. The molecule has 2 aromatic rings. The van der Waals surface area contributed by atoms with Crippen LogP contribution in [-0.2, 0) is 22.5 Å². The summed E-state index contributed by atoms with van der Waals surface area (Å²) in [5.74, 6) is 0.637. The molecule has 32 heavy (non-hydrogen) atoms. The smallest absolute Gasteiger partial charge is 0.308 e. The summed E-state index contributed by atoms with van der Waals surface area (Å²) in [5, 5.41) is 0. The summed E-state index contributed by atoms with van der Waals surface area (Å²) < 4.78 is 4.93. The highest BCUT2D eigenvalue weighted by Gasteiger charge is 2.31. The SMILES string of the molecule is CCc1cccc(C)c1N1CC(c2cc(C)c(CN3CCC(C(=O)OC)CC3)c(C)c2)C1. The first-order chi connectivity index (χ1) is 15.4. The van der Waals surface area contributed by atoms with E-state index in [4.69, 9.17) is 4.74 Å². The molecule has 172 valence electrons. The van der Waals surface area contributed by atoms with Gasteiger partial charge in [0.25, 0.3) is 0 Å². The van der Waals surface area contributed by atoms with E-state index in [0.29, 0.717) is 5.92 Å². The van der Waals surface area contributed by atoms with Gasteiger partial charge in [0, 0.05) is 31.2 Å². The Hall–Kier alpha value is -2.33. The fourth-order valence-electron chi connectivity index (χ4n) is 5.56. The quantitative estimate of drug-likeness (QED) is 0.588. The molecule has 0 saturated carbocycles. The predicted molar refractivity (Wildman–Crippen MR) is 131 cm³/mol. The number of carbonyl (C=O) groups is 1. The highest BCUT2D eigenvalue weighted by Crippen LogP contribution is 2.37. The Morgan fingerprint density at radius 2 is 1.69 bits per heavy atom. The Morgan fingerprint density at radius 3 is 2.28 bits per heavy atom. The molecule has 2 saturated heterocycles. The minimum atomic E-state index is -0.0485. The van der Waals surface area contributed by atoms with Crippen molar-refractivity contribution in [2.24, 2.45) is 5.92 Å². The minimum Gasteiger partial charge on any atom is -0.469 e. The van der Waals surface area contributed by atoms with Crippen molar-refractivity contribution < 1.29 is 9.53 Å². The van der Waals surface area contributed by atoms with Gasteiger partial charge in [-0.25, -0.2) is 0 Å². The van der Waals surface area contributed by atoms with Gasteiger partial charge in [-0.3, -0.25) is 9.69 Å². The van der Waals surface area contributed by atoms with Crippen molar-refractivity contribution in [2.75, 3.05) is 38.2 Å². The Bertz CT molecular complexity index is 946. The summed E-state index contributed by atoms with van der Waals surface area (Å²) in [4.78, 5) is 16.8. The molecule has 2 fully saturated rings. The molecule has 0 radical (unpaired) electrons. The number of aryl methyl sites for hydroxylation is 4. The minimum absolute atomic E-state index is 0.0485. The summed E-state index contributed by atoms with van der Waals surface area (Å²) >= 11 is 0. The van der Waals surface area contributed by atoms with Crippen LogP contribution in [0.5, 0.6) is 0 Å². The van der Waals surface area contributed by atoms with Gasteiger partial charge in [-0.1, -0.05) is 37.3 Å². The van der Waals surface area contributed by atoms with Crippen LogP contribution in [0.2, 0.25) is 0 Å². The summed E-state index contributed by atoms with van der Waals surface area (Å²) in [6.45, 7) is 14.1. The molecular weight excluding hydrogens is 396 g/mol. The zero-order valence-corrected chi connectivity index (χ0v) is 20.4. The number of para-hydroxylation sites is 1. The van der Waals surface area contributed by atoms with Crippen molar-refractivity contribution in [2.45, 2.75) is 59.4 Å². The summed E-state index contributed by atoms with van der Waals surface area (Å²) in [6.07, 6.45) is 2.89. The number of hydrogen-bond acceptors (Lipinski definition) is 4. The Morgan fingerprint density at radius 1 is 1.03 bits per heavy atom. The van der Waals surface area contributed by atoms with Gasteiger partial charge in [-0.15, -0.1) is 0 Å². The number of hydrogen-bond donors (Lipinski definition) is 0.